The molecular weight excluding hydrogens is 334 g/mol. The molecule has 0 spiro atoms. The summed E-state index contributed by atoms with van der Waals surface area (Å²) in [5, 5.41) is 4.07. The molecule has 26 heavy (non-hydrogen) atoms. The van der Waals surface area contributed by atoms with Crippen LogP contribution in [0.15, 0.2) is 28.8 Å². The molecule has 1 aromatic carbocycles. The number of hydrogen-bond donors (Lipinski definition) is 0. The Kier molecular flexibility index (Phi) is 6.22. The minimum atomic E-state index is 0.114. The number of nitrogens with zero attached hydrogens (tertiary/aromatic N) is 3. The first kappa shape index (κ1) is 18.4. The molecule has 1 atom stereocenters. The molecule has 140 valence electrons. The highest BCUT2D eigenvalue weighted by Gasteiger charge is 2.28. The molecule has 7 nitrogen and oxygen atoms in total. The number of piperidine rings is 1. The molecular formula is C19H25N3O4. The maximum Gasteiger partial charge on any atom is 0.252 e. The van der Waals surface area contributed by atoms with Crippen molar-refractivity contribution in [3.8, 4) is 5.75 Å². The Morgan fingerprint density at radius 3 is 2.88 bits per heavy atom. The van der Waals surface area contributed by atoms with Crippen molar-refractivity contribution in [2.24, 2.45) is 0 Å². The molecule has 1 aliphatic heterocycles. The third-order valence-electron chi connectivity index (χ3n) is 4.57. The number of benzene rings is 1. The largest absolute Gasteiger partial charge is 0.497 e. The summed E-state index contributed by atoms with van der Waals surface area (Å²) < 4.78 is 15.7. The van der Waals surface area contributed by atoms with Crippen LogP contribution in [0.3, 0.4) is 0 Å². The van der Waals surface area contributed by atoms with Crippen molar-refractivity contribution < 1.29 is 18.8 Å². The molecule has 0 saturated carbocycles. The third-order valence-corrected chi connectivity index (χ3v) is 4.57. The highest BCUT2D eigenvalue weighted by Crippen LogP contribution is 2.25. The Hall–Kier alpha value is -2.41. The van der Waals surface area contributed by atoms with E-state index in [1.807, 2.05) is 36.1 Å². The predicted octanol–water partition coefficient (Wildman–Crippen LogP) is 2.56. The lowest BCUT2D eigenvalue weighted by atomic mass is 9.96. The maximum atomic E-state index is 12.7. The number of hydrogen-bond acceptors (Lipinski definition) is 6. The fourth-order valence-corrected chi connectivity index (χ4v) is 3.13. The smallest absolute Gasteiger partial charge is 0.252 e. The van der Waals surface area contributed by atoms with Gasteiger partial charge in [-0.3, -0.25) is 4.79 Å². The van der Waals surface area contributed by atoms with Crippen molar-refractivity contribution in [3.63, 3.8) is 0 Å². The van der Waals surface area contributed by atoms with Gasteiger partial charge >= 0.3 is 0 Å². The monoisotopic (exact) mass is 359 g/mol. The molecule has 0 N–H and O–H groups in total. The number of rotatable bonds is 7. The fraction of sp³-hybridized carbons (Fsp3) is 0.526. The fourth-order valence-electron chi connectivity index (χ4n) is 3.13. The van der Waals surface area contributed by atoms with Gasteiger partial charge in [-0.25, -0.2) is 0 Å². The summed E-state index contributed by atoms with van der Waals surface area (Å²) in [6, 6.07) is 7.61. The normalized spacial score (nSPS) is 17.3. The summed E-state index contributed by atoms with van der Waals surface area (Å²) in [6.07, 6.45) is 2.28. The first-order valence-electron chi connectivity index (χ1n) is 9.00. The van der Waals surface area contributed by atoms with E-state index in [0.29, 0.717) is 37.9 Å². The Morgan fingerprint density at radius 2 is 2.15 bits per heavy atom. The van der Waals surface area contributed by atoms with Gasteiger partial charge in [0.05, 0.1) is 13.5 Å². The summed E-state index contributed by atoms with van der Waals surface area (Å²) in [7, 11) is 1.63. The second kappa shape index (κ2) is 8.80. The van der Waals surface area contributed by atoms with Crippen molar-refractivity contribution in [1.82, 2.24) is 15.0 Å². The second-order valence-electron chi connectivity index (χ2n) is 6.39. The molecule has 2 heterocycles. The average Bonchev–Trinajstić information content (AvgIpc) is 3.16. The number of aromatic nitrogens is 2. The van der Waals surface area contributed by atoms with E-state index in [1.165, 1.54) is 0 Å². The Labute approximate surface area is 153 Å². The molecule has 3 rings (SSSR count). The highest BCUT2D eigenvalue weighted by atomic mass is 16.5. The van der Waals surface area contributed by atoms with Crippen LogP contribution in [0, 0.1) is 0 Å². The quantitative estimate of drug-likeness (QED) is 0.756. The van der Waals surface area contributed by atoms with Crippen LogP contribution in [0.2, 0.25) is 0 Å². The van der Waals surface area contributed by atoms with Crippen LogP contribution in [0.5, 0.6) is 5.75 Å². The van der Waals surface area contributed by atoms with E-state index in [4.69, 9.17) is 14.0 Å². The molecule has 0 bridgehead atoms. The summed E-state index contributed by atoms with van der Waals surface area (Å²) in [4.78, 5) is 19.0. The lowest BCUT2D eigenvalue weighted by Crippen LogP contribution is -2.40. The number of amides is 1. The zero-order chi connectivity index (χ0) is 18.4. The zero-order valence-corrected chi connectivity index (χ0v) is 15.3. The first-order valence-corrected chi connectivity index (χ1v) is 9.00. The topological polar surface area (TPSA) is 77.7 Å². The van der Waals surface area contributed by atoms with Crippen LogP contribution >= 0.6 is 0 Å². The minimum absolute atomic E-state index is 0.114. The van der Waals surface area contributed by atoms with Crippen LogP contribution < -0.4 is 4.74 Å². The number of methoxy groups -OCH3 is 1. The summed E-state index contributed by atoms with van der Waals surface area (Å²) in [5.74, 6) is 2.19. The van der Waals surface area contributed by atoms with Crippen molar-refractivity contribution in [1.29, 1.82) is 0 Å². The molecule has 1 amide bonds. The maximum absolute atomic E-state index is 12.7. The van der Waals surface area contributed by atoms with Crippen molar-refractivity contribution >= 4 is 5.91 Å². The molecule has 1 aliphatic rings. The number of ether oxygens (including phenoxy) is 2. The first-order chi connectivity index (χ1) is 12.7. The van der Waals surface area contributed by atoms with E-state index >= 15 is 0 Å². The Bertz CT molecular complexity index is 714. The van der Waals surface area contributed by atoms with Gasteiger partial charge in [-0.1, -0.05) is 17.3 Å². The molecule has 7 heteroatoms. The van der Waals surface area contributed by atoms with Gasteiger partial charge in [0, 0.05) is 25.6 Å². The van der Waals surface area contributed by atoms with E-state index in [0.717, 1.165) is 30.7 Å². The second-order valence-corrected chi connectivity index (χ2v) is 6.39. The zero-order valence-electron chi connectivity index (χ0n) is 15.3. The summed E-state index contributed by atoms with van der Waals surface area (Å²) in [6.45, 7) is 4.26. The van der Waals surface area contributed by atoms with Crippen molar-refractivity contribution in [3.05, 3.63) is 41.5 Å². The molecule has 1 aromatic heterocycles. The summed E-state index contributed by atoms with van der Waals surface area (Å²) >= 11 is 0. The van der Waals surface area contributed by atoms with E-state index in [2.05, 4.69) is 10.1 Å². The van der Waals surface area contributed by atoms with Gasteiger partial charge in [0.25, 0.3) is 5.89 Å². The van der Waals surface area contributed by atoms with Crippen molar-refractivity contribution in [2.75, 3.05) is 26.8 Å². The SMILES string of the molecule is CCOCc1nc(C2CCCN(C(=O)Cc3ccc(OC)cc3)C2)no1. The van der Waals surface area contributed by atoms with Crippen molar-refractivity contribution in [2.45, 2.75) is 38.7 Å². The van der Waals surface area contributed by atoms with E-state index in [9.17, 15) is 4.79 Å². The standard InChI is InChI=1S/C19H25N3O4/c1-3-25-13-17-20-19(21-26-17)15-5-4-10-22(12-15)18(23)11-14-6-8-16(24-2)9-7-14/h6-9,15H,3-5,10-13H2,1-2H3. The van der Waals surface area contributed by atoms with Crippen LogP contribution in [0.25, 0.3) is 0 Å². The van der Waals surface area contributed by atoms with Gasteiger partial charge in [0.1, 0.15) is 12.4 Å². The van der Waals surface area contributed by atoms with Crippen LogP contribution in [-0.2, 0) is 22.6 Å². The third kappa shape index (κ3) is 4.60. The summed E-state index contributed by atoms with van der Waals surface area (Å²) in [5.41, 5.74) is 0.983. The Balaban J connectivity index is 1.58. The predicted molar refractivity (Wildman–Crippen MR) is 94.9 cm³/mol. The molecule has 1 fully saturated rings. The minimum Gasteiger partial charge on any atom is -0.497 e. The lowest BCUT2D eigenvalue weighted by Gasteiger charge is -2.31. The molecule has 1 saturated heterocycles. The van der Waals surface area contributed by atoms with E-state index in [-0.39, 0.29) is 11.8 Å². The molecule has 0 aliphatic carbocycles. The van der Waals surface area contributed by atoms with E-state index < -0.39 is 0 Å². The molecule has 2 aromatic rings. The van der Waals surface area contributed by atoms with Crippen LogP contribution in [0.4, 0.5) is 0 Å². The van der Waals surface area contributed by atoms with Gasteiger partial charge in [0.15, 0.2) is 5.82 Å². The molecule has 0 radical (unpaired) electrons. The average molecular weight is 359 g/mol. The lowest BCUT2D eigenvalue weighted by molar-refractivity contribution is -0.131. The van der Waals surface area contributed by atoms with Gasteiger partial charge in [-0.05, 0) is 37.5 Å². The number of carbonyl (C=O) groups excluding carboxylic acids is 1. The van der Waals surface area contributed by atoms with Gasteiger partial charge in [-0.15, -0.1) is 0 Å². The number of likely N-dealkylation sites (tertiary alicyclic amines) is 1. The number of carbonyl (C=O) groups is 1. The van der Waals surface area contributed by atoms with Crippen LogP contribution in [-0.4, -0.2) is 47.8 Å². The molecule has 1 unspecified atom stereocenters. The van der Waals surface area contributed by atoms with Gasteiger partial charge < -0.3 is 18.9 Å². The van der Waals surface area contributed by atoms with Crippen LogP contribution in [0.1, 0.15) is 43.0 Å². The highest BCUT2D eigenvalue weighted by molar-refractivity contribution is 5.79. The van der Waals surface area contributed by atoms with E-state index in [1.54, 1.807) is 7.11 Å². The van der Waals surface area contributed by atoms with Gasteiger partial charge in [-0.2, -0.15) is 4.98 Å². The Morgan fingerprint density at radius 1 is 1.35 bits per heavy atom. The van der Waals surface area contributed by atoms with Gasteiger partial charge in [0.2, 0.25) is 5.91 Å².